The van der Waals surface area contributed by atoms with Crippen molar-refractivity contribution in [2.75, 3.05) is 13.1 Å². The minimum absolute atomic E-state index is 0.0123. The van der Waals surface area contributed by atoms with Gasteiger partial charge in [0.05, 0.1) is 18.6 Å². The number of nitrogens with one attached hydrogen (secondary N) is 1. The van der Waals surface area contributed by atoms with Crippen molar-refractivity contribution in [2.24, 2.45) is 0 Å². The van der Waals surface area contributed by atoms with E-state index in [0.29, 0.717) is 12.1 Å². The van der Waals surface area contributed by atoms with Gasteiger partial charge in [0.15, 0.2) is 0 Å². The fourth-order valence-corrected chi connectivity index (χ4v) is 2.22. The maximum atomic E-state index is 12.4. The third-order valence-corrected chi connectivity index (χ3v) is 3.41. The molecule has 0 radical (unpaired) electrons. The molecule has 122 valence electrons. The normalized spacial score (nSPS) is 13.5. The van der Waals surface area contributed by atoms with Crippen molar-refractivity contribution in [3.63, 3.8) is 0 Å². The fourth-order valence-electron chi connectivity index (χ4n) is 2.22. The van der Waals surface area contributed by atoms with Crippen molar-refractivity contribution in [1.82, 2.24) is 10.2 Å². The molecule has 0 aliphatic rings. The Hall–Kier alpha value is -1.88. The lowest BCUT2D eigenvalue weighted by Crippen LogP contribution is -2.44. The lowest BCUT2D eigenvalue weighted by Gasteiger charge is -2.28. The summed E-state index contributed by atoms with van der Waals surface area (Å²) in [6.07, 6.45) is -0.0557. The van der Waals surface area contributed by atoms with Crippen LogP contribution in [0.25, 0.3) is 0 Å². The van der Waals surface area contributed by atoms with E-state index in [2.05, 4.69) is 5.32 Å². The van der Waals surface area contributed by atoms with Gasteiger partial charge in [0.2, 0.25) is 11.8 Å². The predicted octanol–water partition coefficient (Wildman–Crippen LogP) is 1.66. The van der Waals surface area contributed by atoms with Crippen LogP contribution in [0, 0.1) is 0 Å². The molecule has 0 heterocycles. The number of aliphatic hydroxyl groups is 1. The van der Waals surface area contributed by atoms with Crippen molar-refractivity contribution in [3.05, 3.63) is 35.9 Å². The van der Waals surface area contributed by atoms with E-state index in [0.717, 1.165) is 0 Å². The van der Waals surface area contributed by atoms with Gasteiger partial charge in [-0.1, -0.05) is 30.3 Å². The molecule has 1 unspecified atom stereocenters. The first-order chi connectivity index (χ1) is 10.3. The fraction of sp³-hybridized carbons (Fsp3) is 0.529. The van der Waals surface area contributed by atoms with Crippen LogP contribution < -0.4 is 5.32 Å². The van der Waals surface area contributed by atoms with Gasteiger partial charge in [0.25, 0.3) is 0 Å². The van der Waals surface area contributed by atoms with Crippen LogP contribution in [0.1, 0.15) is 39.7 Å². The number of hydrogen-bond donors (Lipinski definition) is 2. The molecule has 0 spiro atoms. The Kier molecular flexibility index (Phi) is 6.56. The van der Waals surface area contributed by atoms with Crippen LogP contribution in [-0.2, 0) is 15.2 Å². The maximum absolute atomic E-state index is 12.4. The van der Waals surface area contributed by atoms with Crippen molar-refractivity contribution < 1.29 is 14.7 Å². The summed E-state index contributed by atoms with van der Waals surface area (Å²) in [6.45, 7) is 7.61. The number of benzene rings is 1. The van der Waals surface area contributed by atoms with Crippen molar-refractivity contribution >= 4 is 11.8 Å². The topological polar surface area (TPSA) is 69.6 Å². The standard InChI is InChI=1S/C17H26N2O3/c1-5-19(12-15(20)18-13(2)3)16(21)11-17(4,22)14-9-7-6-8-10-14/h6-10,13,22H,5,11-12H2,1-4H3,(H,18,20). The molecule has 0 fully saturated rings. The zero-order chi connectivity index (χ0) is 16.8. The average Bonchev–Trinajstić information content (AvgIpc) is 2.44. The third kappa shape index (κ3) is 5.48. The van der Waals surface area contributed by atoms with E-state index in [9.17, 15) is 14.7 Å². The number of nitrogens with zero attached hydrogens (tertiary/aromatic N) is 1. The highest BCUT2D eigenvalue weighted by molar-refractivity contribution is 5.85. The van der Waals surface area contributed by atoms with Crippen LogP contribution in [0.3, 0.4) is 0 Å². The Labute approximate surface area is 132 Å². The Bertz CT molecular complexity index is 498. The van der Waals surface area contributed by atoms with Gasteiger partial charge in [-0.15, -0.1) is 0 Å². The van der Waals surface area contributed by atoms with Crippen LogP contribution in [0.5, 0.6) is 0 Å². The Morgan fingerprint density at radius 3 is 2.36 bits per heavy atom. The quantitative estimate of drug-likeness (QED) is 0.805. The molecule has 0 aromatic heterocycles. The smallest absolute Gasteiger partial charge is 0.239 e. The summed E-state index contributed by atoms with van der Waals surface area (Å²) in [6, 6.07) is 9.11. The van der Waals surface area contributed by atoms with Gasteiger partial charge >= 0.3 is 0 Å². The second-order valence-corrected chi connectivity index (χ2v) is 5.95. The highest BCUT2D eigenvalue weighted by Gasteiger charge is 2.29. The SMILES string of the molecule is CCN(CC(=O)NC(C)C)C(=O)CC(C)(O)c1ccccc1. The summed E-state index contributed by atoms with van der Waals surface area (Å²) in [5.41, 5.74) is -0.564. The zero-order valence-corrected chi connectivity index (χ0v) is 13.8. The number of amides is 2. The number of carbonyl (C=O) groups excluding carboxylic acids is 2. The van der Waals surface area contributed by atoms with Gasteiger partial charge in [-0.25, -0.2) is 0 Å². The number of carbonyl (C=O) groups is 2. The van der Waals surface area contributed by atoms with Crippen LogP contribution in [0.4, 0.5) is 0 Å². The van der Waals surface area contributed by atoms with Crippen LogP contribution in [0.2, 0.25) is 0 Å². The van der Waals surface area contributed by atoms with E-state index < -0.39 is 5.60 Å². The summed E-state index contributed by atoms with van der Waals surface area (Å²) in [5.74, 6) is -0.431. The average molecular weight is 306 g/mol. The van der Waals surface area contributed by atoms with E-state index in [4.69, 9.17) is 0 Å². The summed E-state index contributed by atoms with van der Waals surface area (Å²) >= 11 is 0. The van der Waals surface area contributed by atoms with Gasteiger partial charge in [-0.3, -0.25) is 9.59 Å². The number of likely N-dealkylation sites (N-methyl/N-ethyl adjacent to an activating group) is 1. The molecule has 1 atom stereocenters. The first kappa shape index (κ1) is 18.2. The lowest BCUT2D eigenvalue weighted by molar-refractivity contribution is -0.140. The van der Waals surface area contributed by atoms with Gasteiger partial charge < -0.3 is 15.3 Å². The number of rotatable bonds is 7. The zero-order valence-electron chi connectivity index (χ0n) is 13.8. The van der Waals surface area contributed by atoms with Crippen molar-refractivity contribution in [3.8, 4) is 0 Å². The molecule has 2 N–H and O–H groups in total. The van der Waals surface area contributed by atoms with E-state index in [1.54, 1.807) is 19.1 Å². The van der Waals surface area contributed by atoms with E-state index in [1.807, 2.05) is 39.0 Å². The minimum Gasteiger partial charge on any atom is -0.385 e. The molecule has 1 aromatic carbocycles. The monoisotopic (exact) mass is 306 g/mol. The second kappa shape index (κ2) is 7.94. The van der Waals surface area contributed by atoms with Gasteiger partial charge in [0.1, 0.15) is 0 Å². The molecule has 1 rings (SSSR count). The van der Waals surface area contributed by atoms with Gasteiger partial charge in [-0.2, -0.15) is 0 Å². The van der Waals surface area contributed by atoms with Crippen molar-refractivity contribution in [1.29, 1.82) is 0 Å². The largest absolute Gasteiger partial charge is 0.385 e. The summed E-state index contributed by atoms with van der Waals surface area (Å²) in [4.78, 5) is 25.6. The molecule has 2 amide bonds. The molecule has 5 heteroatoms. The summed E-state index contributed by atoms with van der Waals surface area (Å²) in [5, 5.41) is 13.3. The molecule has 1 aromatic rings. The Balaban J connectivity index is 2.70. The van der Waals surface area contributed by atoms with Crippen LogP contribution in [-0.4, -0.2) is 41.0 Å². The first-order valence-electron chi connectivity index (χ1n) is 7.61. The third-order valence-electron chi connectivity index (χ3n) is 3.41. The highest BCUT2D eigenvalue weighted by atomic mass is 16.3. The molecule has 5 nitrogen and oxygen atoms in total. The van der Waals surface area contributed by atoms with E-state index in [-0.39, 0.29) is 30.8 Å². The molecule has 0 aliphatic heterocycles. The predicted molar refractivity (Wildman–Crippen MR) is 86.2 cm³/mol. The molecule has 0 saturated heterocycles. The molecule has 0 bridgehead atoms. The number of hydrogen-bond acceptors (Lipinski definition) is 3. The van der Waals surface area contributed by atoms with Gasteiger partial charge in [0, 0.05) is 12.6 Å². The summed E-state index contributed by atoms with van der Waals surface area (Å²) in [7, 11) is 0. The molecular weight excluding hydrogens is 280 g/mol. The molecular formula is C17H26N2O3. The molecule has 0 saturated carbocycles. The van der Waals surface area contributed by atoms with Crippen LogP contribution in [0.15, 0.2) is 30.3 Å². The van der Waals surface area contributed by atoms with E-state index >= 15 is 0 Å². The van der Waals surface area contributed by atoms with Crippen LogP contribution >= 0.6 is 0 Å². The Morgan fingerprint density at radius 1 is 1.27 bits per heavy atom. The first-order valence-corrected chi connectivity index (χ1v) is 7.61. The maximum Gasteiger partial charge on any atom is 0.239 e. The highest BCUT2D eigenvalue weighted by Crippen LogP contribution is 2.24. The molecule has 22 heavy (non-hydrogen) atoms. The second-order valence-electron chi connectivity index (χ2n) is 5.95. The Morgan fingerprint density at radius 2 is 1.86 bits per heavy atom. The van der Waals surface area contributed by atoms with E-state index in [1.165, 1.54) is 4.90 Å². The molecule has 0 aliphatic carbocycles. The van der Waals surface area contributed by atoms with Gasteiger partial charge in [-0.05, 0) is 33.3 Å². The lowest BCUT2D eigenvalue weighted by atomic mass is 9.92. The van der Waals surface area contributed by atoms with Crippen molar-refractivity contribution in [2.45, 2.75) is 45.8 Å². The minimum atomic E-state index is -1.25. The summed E-state index contributed by atoms with van der Waals surface area (Å²) < 4.78 is 0.